The third-order valence-electron chi connectivity index (χ3n) is 15.9. The number of nitro benzene ring substituents is 1. The van der Waals surface area contributed by atoms with E-state index in [-0.39, 0.29) is 48.9 Å². The van der Waals surface area contributed by atoms with Gasteiger partial charge in [0.25, 0.3) is 5.69 Å². The molecule has 0 radical (unpaired) electrons. The predicted molar refractivity (Wildman–Crippen MR) is 262 cm³/mol. The Hall–Kier alpha value is -2.92. The highest BCUT2D eigenvalue weighted by Gasteiger charge is 2.55. The molecule has 1 unspecified atom stereocenters. The Labute approximate surface area is 419 Å². The molecule has 5 N–H and O–H groups in total. The zero-order chi connectivity index (χ0) is 52.2. The molecule has 0 saturated carbocycles. The highest BCUT2D eigenvalue weighted by molar-refractivity contribution is 6.18. The van der Waals surface area contributed by atoms with Crippen LogP contribution in [0.2, 0.25) is 0 Å². The molecule has 19 atom stereocenters. The van der Waals surface area contributed by atoms with Crippen LogP contribution in [0.1, 0.15) is 112 Å². The molecule has 2 aromatic rings. The van der Waals surface area contributed by atoms with Crippen LogP contribution in [-0.2, 0) is 41.3 Å². The van der Waals surface area contributed by atoms with Crippen molar-refractivity contribution in [3.8, 4) is 0 Å². The number of non-ortho nitro benzene ring substituents is 1. The Morgan fingerprint density at radius 1 is 1.03 bits per heavy atom. The summed E-state index contributed by atoms with van der Waals surface area (Å²) in [6.07, 6.45) is -4.78. The highest BCUT2D eigenvalue weighted by Crippen LogP contribution is 2.45. The van der Waals surface area contributed by atoms with Crippen molar-refractivity contribution in [1.82, 2.24) is 24.8 Å². The van der Waals surface area contributed by atoms with E-state index in [1.54, 1.807) is 58.4 Å². The number of ether oxygens (including phenoxy) is 5. The number of hydrogen-bond acceptors (Lipinski definition) is 17. The third-order valence-corrected chi connectivity index (χ3v) is 16.3. The molecular weight excluding hydrogens is 928 g/mol. The van der Waals surface area contributed by atoms with Gasteiger partial charge in [-0.1, -0.05) is 45.0 Å². The summed E-state index contributed by atoms with van der Waals surface area (Å²) in [5.74, 6) is -2.98. The molecule has 3 aliphatic rings. The minimum Gasteiger partial charge on any atom is -0.459 e. The number of hydrogen-bond donors (Lipinski definition) is 5. The van der Waals surface area contributed by atoms with Gasteiger partial charge < -0.3 is 59.0 Å². The van der Waals surface area contributed by atoms with Crippen LogP contribution in [0.15, 0.2) is 30.5 Å². The summed E-state index contributed by atoms with van der Waals surface area (Å²) in [6.45, 7) is 18.7. The molecule has 19 nitrogen and oxygen atoms in total. The minimum atomic E-state index is -1.83. The number of cyclic esters (lactones) is 1. The van der Waals surface area contributed by atoms with Gasteiger partial charge in [-0.25, -0.2) is 4.68 Å². The molecule has 3 aliphatic heterocycles. The number of nitro groups is 1. The number of benzene rings is 1. The predicted octanol–water partition coefficient (Wildman–Crippen LogP) is 4.31. The quantitative estimate of drug-likeness (QED) is 0.0766. The van der Waals surface area contributed by atoms with Crippen LogP contribution in [0, 0.1) is 33.8 Å². The highest BCUT2D eigenvalue weighted by atomic mass is 35.5. The van der Waals surface area contributed by atoms with Crippen molar-refractivity contribution in [1.29, 1.82) is 0 Å². The number of aromatic nitrogens is 3. The van der Waals surface area contributed by atoms with Crippen molar-refractivity contribution in [3.63, 3.8) is 0 Å². The summed E-state index contributed by atoms with van der Waals surface area (Å²) in [5, 5.41) is 80.0. The monoisotopic (exact) mass is 1010 g/mol. The number of esters is 1. The summed E-state index contributed by atoms with van der Waals surface area (Å²) in [6, 6.07) is 5.09. The molecule has 0 aliphatic carbocycles. The summed E-state index contributed by atoms with van der Waals surface area (Å²) >= 11 is 6.38. The van der Waals surface area contributed by atoms with Crippen LogP contribution in [0.4, 0.5) is 5.69 Å². The maximum absolute atomic E-state index is 14.6. The standard InChI is InChI=1S/C50H83ClN6O13/c1-14-40-50(10,63)43(59)32(6)55(12)26-28(2)23-48(8,62)45(30(4)41(31(5)46(61)69-40)39-24-49(9,66-13)44(60)33(7)68-39)70-47-42(58)38(21-29(3)67-47)54(11)20-19-35-27-56(53-52-35)37(25-51)22-34-15-17-36(18-16-34)57(64)65/h15-18,27-33,37-45,47,58-60,62-63H,14,19-26H2,1-13H3/t28-,29-,30+,31-,32-,33+,37+,38+,39-,40-,41?,42-,43-,44+,45-,47+,48-,49-,50-/m1/s1. The van der Waals surface area contributed by atoms with Gasteiger partial charge in [0, 0.05) is 75.3 Å². The van der Waals surface area contributed by atoms with E-state index in [1.165, 1.54) is 26.2 Å². The third kappa shape index (κ3) is 13.2. The lowest BCUT2D eigenvalue weighted by molar-refractivity contribution is -0.384. The largest absolute Gasteiger partial charge is 0.459 e. The Bertz CT molecular complexity index is 2000. The molecule has 3 saturated heterocycles. The SMILES string of the molecule is CC[C@H]1OC(=O)[C@H](C)C([C@H]2C[C@@](C)(OC)[C@@H](O)[C@H](C)O2)[C@H](C)[C@@H](O[C@@H]2O[C@H](C)C[C@H](N(C)CCc3cn([C@H](CCl)Cc4ccc([N+](=O)[O-])cc4)nn3)[C@H]2O)[C@](C)(O)C[C@@H](C)CN(C)[C@H](C)[C@@H](O)[C@]1(C)O. The first-order chi connectivity index (χ1) is 32.7. The lowest BCUT2D eigenvalue weighted by Crippen LogP contribution is -2.62. The van der Waals surface area contributed by atoms with E-state index in [2.05, 4.69) is 10.3 Å². The first-order valence-corrected chi connectivity index (χ1v) is 25.5. The molecule has 1 aromatic heterocycles. The van der Waals surface area contributed by atoms with Gasteiger partial charge in [0.1, 0.15) is 30.0 Å². The van der Waals surface area contributed by atoms with Gasteiger partial charge in [-0.3, -0.25) is 14.9 Å². The topological polar surface area (TPSA) is 245 Å². The number of aliphatic hydroxyl groups excluding tert-OH is 3. The zero-order valence-corrected chi connectivity index (χ0v) is 44.3. The second-order valence-electron chi connectivity index (χ2n) is 21.6. The number of halogens is 1. The summed E-state index contributed by atoms with van der Waals surface area (Å²) in [7, 11) is 5.27. The van der Waals surface area contributed by atoms with Crippen LogP contribution in [0.25, 0.3) is 0 Å². The number of carbonyl (C=O) groups is 1. The molecule has 0 bridgehead atoms. The Balaban J connectivity index is 1.45. The molecule has 3 fully saturated rings. The van der Waals surface area contributed by atoms with Crippen LogP contribution < -0.4 is 0 Å². The van der Waals surface area contributed by atoms with Crippen molar-refractivity contribution in [2.75, 3.05) is 40.2 Å². The van der Waals surface area contributed by atoms with Gasteiger partial charge in [0.15, 0.2) is 6.29 Å². The fraction of sp³-hybridized carbons (Fsp3) is 0.820. The van der Waals surface area contributed by atoms with Gasteiger partial charge in [0.05, 0.1) is 58.2 Å². The van der Waals surface area contributed by atoms with Crippen molar-refractivity contribution >= 4 is 23.3 Å². The Morgan fingerprint density at radius 2 is 1.69 bits per heavy atom. The number of methoxy groups -OCH3 is 1. The lowest BCUT2D eigenvalue weighted by Gasteiger charge is -2.51. The van der Waals surface area contributed by atoms with E-state index in [0.29, 0.717) is 38.0 Å². The number of nitrogens with zero attached hydrogens (tertiary/aromatic N) is 6. The van der Waals surface area contributed by atoms with Gasteiger partial charge in [-0.05, 0) is 98.7 Å². The molecule has 70 heavy (non-hydrogen) atoms. The second-order valence-corrected chi connectivity index (χ2v) is 22.0. The molecule has 20 heteroatoms. The molecule has 398 valence electrons. The number of alkyl halides is 1. The first-order valence-electron chi connectivity index (χ1n) is 25.0. The summed E-state index contributed by atoms with van der Waals surface area (Å²) in [4.78, 5) is 29.3. The van der Waals surface area contributed by atoms with E-state index in [1.807, 2.05) is 50.9 Å². The average Bonchev–Trinajstić information content (AvgIpc) is 3.78. The van der Waals surface area contributed by atoms with Crippen LogP contribution >= 0.6 is 11.6 Å². The van der Waals surface area contributed by atoms with Crippen molar-refractivity contribution in [3.05, 3.63) is 51.8 Å². The van der Waals surface area contributed by atoms with E-state index in [0.717, 1.165) is 5.56 Å². The lowest BCUT2D eigenvalue weighted by atomic mass is 9.68. The molecule has 4 heterocycles. The van der Waals surface area contributed by atoms with E-state index in [9.17, 15) is 40.4 Å². The van der Waals surface area contributed by atoms with Crippen LogP contribution in [0.5, 0.6) is 0 Å². The minimum absolute atomic E-state index is 0.00975. The zero-order valence-electron chi connectivity index (χ0n) is 43.6. The first kappa shape index (κ1) is 58.0. The summed E-state index contributed by atoms with van der Waals surface area (Å²) in [5.41, 5.74) is -2.91. The fourth-order valence-corrected chi connectivity index (χ4v) is 11.8. The van der Waals surface area contributed by atoms with E-state index < -0.39 is 107 Å². The number of rotatable bonds is 14. The van der Waals surface area contributed by atoms with Gasteiger partial charge in [-0.2, -0.15) is 0 Å². The molecule has 0 amide bonds. The number of aliphatic hydroxyl groups is 5. The van der Waals surface area contributed by atoms with E-state index >= 15 is 0 Å². The van der Waals surface area contributed by atoms with Crippen molar-refractivity contribution in [2.24, 2.45) is 23.7 Å². The van der Waals surface area contributed by atoms with Gasteiger partial charge >= 0.3 is 5.97 Å². The second kappa shape index (κ2) is 24.0. The smallest absolute Gasteiger partial charge is 0.309 e. The molecule has 1 aromatic carbocycles. The van der Waals surface area contributed by atoms with Gasteiger partial charge in [-0.15, -0.1) is 16.7 Å². The van der Waals surface area contributed by atoms with Gasteiger partial charge in [0.2, 0.25) is 0 Å². The van der Waals surface area contributed by atoms with E-state index in [4.69, 9.17) is 35.3 Å². The normalized spacial score (nSPS) is 40.3. The molecule has 5 rings (SSSR count). The summed E-state index contributed by atoms with van der Waals surface area (Å²) < 4.78 is 33.8. The number of likely N-dealkylation sites (N-methyl/N-ethyl adjacent to an activating group) is 2. The maximum atomic E-state index is 14.6. The molecule has 0 spiro atoms. The fourth-order valence-electron chi connectivity index (χ4n) is 11.5. The van der Waals surface area contributed by atoms with Crippen molar-refractivity contribution in [2.45, 2.75) is 198 Å². The average molecular weight is 1010 g/mol. The Kier molecular flexibility index (Phi) is 19.8. The maximum Gasteiger partial charge on any atom is 0.309 e. The number of carbonyl (C=O) groups excluding carboxylic acids is 1. The van der Waals surface area contributed by atoms with Crippen molar-refractivity contribution < 1.29 is 58.9 Å². The Morgan fingerprint density at radius 3 is 2.29 bits per heavy atom. The van der Waals surface area contributed by atoms with Crippen LogP contribution in [0.3, 0.4) is 0 Å². The molecular formula is C50H83ClN6O13. The van der Waals surface area contributed by atoms with Crippen LogP contribution in [-0.4, -0.2) is 185 Å².